The van der Waals surface area contributed by atoms with E-state index in [9.17, 15) is 17.6 Å². The Balaban J connectivity index is 2.80. The van der Waals surface area contributed by atoms with Crippen LogP contribution in [0.3, 0.4) is 0 Å². The van der Waals surface area contributed by atoms with Gasteiger partial charge >= 0.3 is 0 Å². The summed E-state index contributed by atoms with van der Waals surface area (Å²) in [5, 5.41) is 0. The molecule has 0 amide bonds. The summed E-state index contributed by atoms with van der Waals surface area (Å²) in [7, 11) is 0. The van der Waals surface area contributed by atoms with Gasteiger partial charge < -0.3 is 0 Å². The first-order chi connectivity index (χ1) is 10.8. The normalized spacial score (nSPS) is 12.6. The maximum absolute atomic E-state index is 13.9. The lowest BCUT2D eigenvalue weighted by Gasteiger charge is -2.16. The smallest absolute Gasteiger partial charge is 0.209 e. The lowest BCUT2D eigenvalue weighted by atomic mass is 10.1. The number of aromatic nitrogens is 3. The van der Waals surface area contributed by atoms with Crippen molar-refractivity contribution in [3.63, 3.8) is 0 Å². The van der Waals surface area contributed by atoms with Crippen LogP contribution in [0.5, 0.6) is 0 Å². The van der Waals surface area contributed by atoms with Gasteiger partial charge in [0.15, 0.2) is 40.7 Å². The highest BCUT2D eigenvalue weighted by atomic mass is 35.6. The quantitative estimate of drug-likeness (QED) is 0.234. The van der Waals surface area contributed by atoms with E-state index in [1.165, 1.54) is 0 Å². The van der Waals surface area contributed by atoms with E-state index in [2.05, 4.69) is 15.0 Å². The van der Waals surface area contributed by atoms with Gasteiger partial charge in [-0.05, 0) is 6.07 Å². The predicted molar refractivity (Wildman–Crippen MR) is 83.6 cm³/mol. The molecule has 13 heteroatoms. The van der Waals surface area contributed by atoms with E-state index in [1.54, 1.807) is 0 Å². The van der Waals surface area contributed by atoms with Crippen LogP contribution in [0.25, 0.3) is 11.4 Å². The van der Waals surface area contributed by atoms with Crippen molar-refractivity contribution in [1.29, 1.82) is 0 Å². The number of hydrogen-bond acceptors (Lipinski definition) is 3. The summed E-state index contributed by atoms with van der Waals surface area (Å²) < 4.78 is 49.2. The van der Waals surface area contributed by atoms with Crippen LogP contribution >= 0.6 is 69.6 Å². The lowest BCUT2D eigenvalue weighted by molar-refractivity contribution is 0.410. The Morgan fingerprint density at radius 2 is 1.12 bits per heavy atom. The third-order valence-corrected chi connectivity index (χ3v) is 3.50. The van der Waals surface area contributed by atoms with Crippen LogP contribution in [0.4, 0.5) is 17.6 Å². The summed E-state index contributed by atoms with van der Waals surface area (Å²) >= 11 is 33.7. The molecule has 0 aliphatic rings. The van der Waals surface area contributed by atoms with Crippen LogP contribution in [0, 0.1) is 23.3 Å². The van der Waals surface area contributed by atoms with Gasteiger partial charge in [0.1, 0.15) is 0 Å². The lowest BCUT2D eigenvalue weighted by Crippen LogP contribution is -2.17. The minimum absolute atomic E-state index is 0.299. The Morgan fingerprint density at radius 3 is 1.54 bits per heavy atom. The molecule has 0 bridgehead atoms. The number of alkyl halides is 6. The van der Waals surface area contributed by atoms with Crippen molar-refractivity contribution in [2.75, 3.05) is 0 Å². The molecule has 1 heterocycles. The van der Waals surface area contributed by atoms with Gasteiger partial charge in [0.25, 0.3) is 0 Å². The van der Waals surface area contributed by atoms with E-state index in [4.69, 9.17) is 69.6 Å². The molecule has 2 rings (SSSR count). The standard InChI is InChI=1S/C11HCl6F4N3/c12-10(13,14)8-22-7(23-9(24-8)11(15,16)17)2-1-3(18)5(20)6(21)4(2)19/h1H. The van der Waals surface area contributed by atoms with Gasteiger partial charge in [0, 0.05) is 0 Å². The summed E-state index contributed by atoms with van der Waals surface area (Å²) in [4.78, 5) is 10.7. The van der Waals surface area contributed by atoms with E-state index in [0.717, 1.165) is 0 Å². The van der Waals surface area contributed by atoms with Gasteiger partial charge in [-0.15, -0.1) is 0 Å². The molecule has 0 radical (unpaired) electrons. The fraction of sp³-hybridized carbons (Fsp3) is 0.182. The molecule has 1 aromatic carbocycles. The van der Waals surface area contributed by atoms with Crippen molar-refractivity contribution >= 4 is 69.6 Å². The topological polar surface area (TPSA) is 38.7 Å². The first-order valence-corrected chi connectivity index (χ1v) is 7.83. The second kappa shape index (κ2) is 6.78. The molecular weight excluding hydrogens is 463 g/mol. The predicted octanol–water partition coefficient (Wildman–Crippen LogP) is 5.75. The first-order valence-electron chi connectivity index (χ1n) is 5.56. The Bertz CT molecular complexity index is 774. The van der Waals surface area contributed by atoms with Crippen LogP contribution in [0.2, 0.25) is 0 Å². The highest BCUT2D eigenvalue weighted by molar-refractivity contribution is 6.67. The largest absolute Gasteiger partial charge is 0.250 e. The van der Waals surface area contributed by atoms with Crippen LogP contribution in [0.1, 0.15) is 11.6 Å². The summed E-state index contributed by atoms with van der Waals surface area (Å²) in [6.45, 7) is 0. The molecule has 0 saturated heterocycles. The minimum atomic E-state index is -2.25. The average Bonchev–Trinajstić information content (AvgIpc) is 2.46. The maximum atomic E-state index is 13.9. The fourth-order valence-corrected chi connectivity index (χ4v) is 1.99. The molecule has 0 aliphatic heterocycles. The molecule has 130 valence electrons. The van der Waals surface area contributed by atoms with E-state index in [1.807, 2.05) is 0 Å². The Kier molecular flexibility index (Phi) is 5.65. The van der Waals surface area contributed by atoms with E-state index in [0.29, 0.717) is 6.07 Å². The van der Waals surface area contributed by atoms with Gasteiger partial charge in [0.2, 0.25) is 7.59 Å². The molecule has 24 heavy (non-hydrogen) atoms. The molecule has 0 unspecified atom stereocenters. The summed E-state index contributed by atoms with van der Waals surface area (Å²) in [5.74, 6) is -9.54. The molecule has 0 spiro atoms. The molecule has 0 aliphatic carbocycles. The Labute approximate surface area is 161 Å². The second-order valence-corrected chi connectivity index (χ2v) is 8.71. The van der Waals surface area contributed by atoms with Crippen LogP contribution in [-0.2, 0) is 7.59 Å². The molecule has 0 N–H and O–H groups in total. The summed E-state index contributed by atoms with van der Waals surface area (Å²) in [6.07, 6.45) is 0. The van der Waals surface area contributed by atoms with E-state index in [-0.39, 0.29) is 0 Å². The summed E-state index contributed by atoms with van der Waals surface area (Å²) in [6, 6.07) is 0.299. The van der Waals surface area contributed by atoms with Gasteiger partial charge in [-0.25, -0.2) is 32.5 Å². The minimum Gasteiger partial charge on any atom is -0.209 e. The van der Waals surface area contributed by atoms with Crippen molar-refractivity contribution in [2.24, 2.45) is 0 Å². The molecule has 0 atom stereocenters. The average molecular weight is 464 g/mol. The number of halogens is 10. The number of nitrogens with zero attached hydrogens (tertiary/aromatic N) is 3. The molecule has 2 aromatic rings. The SMILES string of the molecule is Fc1cc(-c2nc(C(Cl)(Cl)Cl)nc(C(Cl)(Cl)Cl)n2)c(F)c(F)c1F. The highest BCUT2D eigenvalue weighted by Crippen LogP contribution is 2.41. The van der Waals surface area contributed by atoms with Crippen molar-refractivity contribution in [3.05, 3.63) is 41.0 Å². The molecular formula is C11HCl6F4N3. The molecule has 0 fully saturated rings. The van der Waals surface area contributed by atoms with Gasteiger partial charge in [-0.1, -0.05) is 69.6 Å². The molecule has 3 nitrogen and oxygen atoms in total. The monoisotopic (exact) mass is 461 g/mol. The summed E-state index contributed by atoms with van der Waals surface area (Å²) in [5.41, 5.74) is -0.889. The number of benzene rings is 1. The maximum Gasteiger partial charge on any atom is 0.250 e. The number of rotatable bonds is 1. The first kappa shape index (κ1) is 20.0. The van der Waals surface area contributed by atoms with Gasteiger partial charge in [-0.3, -0.25) is 0 Å². The van der Waals surface area contributed by atoms with Crippen molar-refractivity contribution < 1.29 is 17.6 Å². The van der Waals surface area contributed by atoms with Gasteiger partial charge in [0.05, 0.1) is 5.56 Å². The molecule has 1 aromatic heterocycles. The zero-order valence-corrected chi connectivity index (χ0v) is 15.2. The third kappa shape index (κ3) is 4.08. The van der Waals surface area contributed by atoms with Crippen LogP contribution in [-0.4, -0.2) is 15.0 Å². The van der Waals surface area contributed by atoms with Crippen LogP contribution < -0.4 is 0 Å². The van der Waals surface area contributed by atoms with Gasteiger partial charge in [-0.2, -0.15) is 0 Å². The Morgan fingerprint density at radius 1 is 0.667 bits per heavy atom. The van der Waals surface area contributed by atoms with E-state index < -0.39 is 53.9 Å². The molecule has 0 saturated carbocycles. The second-order valence-electron chi connectivity index (χ2n) is 4.15. The fourth-order valence-electron chi connectivity index (χ4n) is 1.49. The highest BCUT2D eigenvalue weighted by Gasteiger charge is 2.35. The van der Waals surface area contributed by atoms with Crippen LogP contribution in [0.15, 0.2) is 6.07 Å². The Hall–Kier alpha value is -0.310. The zero-order chi connectivity index (χ0) is 18.4. The zero-order valence-electron chi connectivity index (χ0n) is 10.7. The van der Waals surface area contributed by atoms with E-state index >= 15 is 0 Å². The number of hydrogen-bond donors (Lipinski definition) is 0. The van der Waals surface area contributed by atoms with Crippen molar-refractivity contribution in [1.82, 2.24) is 15.0 Å². The third-order valence-electron chi connectivity index (χ3n) is 2.49. The van der Waals surface area contributed by atoms with Crippen molar-refractivity contribution in [3.8, 4) is 11.4 Å². The van der Waals surface area contributed by atoms with Crippen molar-refractivity contribution in [2.45, 2.75) is 7.59 Å².